The van der Waals surface area contributed by atoms with Gasteiger partial charge < -0.3 is 20.3 Å². The van der Waals surface area contributed by atoms with Gasteiger partial charge in [-0.1, -0.05) is 425 Å². The second-order valence-electron chi connectivity index (χ2n) is 27.4. The van der Waals surface area contributed by atoms with Crippen molar-refractivity contribution in [3.05, 3.63) is 0 Å². The van der Waals surface area contributed by atoms with Crippen molar-refractivity contribution in [2.24, 2.45) is 0 Å². The maximum Gasteiger partial charge on any atom is 0.305 e. The monoisotopic (exact) mass is 1190 g/mol. The number of esters is 1. The van der Waals surface area contributed by atoms with E-state index < -0.39 is 12.1 Å². The molecule has 2 unspecified atom stereocenters. The highest BCUT2D eigenvalue weighted by Gasteiger charge is 2.20. The molecule has 0 saturated heterocycles. The highest BCUT2D eigenvalue weighted by atomic mass is 16.5. The smallest absolute Gasteiger partial charge is 0.305 e. The number of aliphatic hydroxyl groups is 2. The van der Waals surface area contributed by atoms with E-state index in [1.54, 1.807) is 0 Å². The second kappa shape index (κ2) is 74.3. The Balaban J connectivity index is 3.34. The molecule has 0 aromatic carbocycles. The predicted molar refractivity (Wildman–Crippen MR) is 371 cm³/mol. The molecule has 6 heteroatoms. The molecule has 0 bridgehead atoms. The van der Waals surface area contributed by atoms with Gasteiger partial charge in [-0.2, -0.15) is 0 Å². The zero-order valence-electron chi connectivity index (χ0n) is 57.7. The molecule has 502 valence electrons. The van der Waals surface area contributed by atoms with Gasteiger partial charge in [-0.25, -0.2) is 0 Å². The van der Waals surface area contributed by atoms with E-state index in [0.717, 1.165) is 38.5 Å². The summed E-state index contributed by atoms with van der Waals surface area (Å²) in [4.78, 5) is 24.7. The SMILES string of the molecule is CCCCCCCCCCCCCCCCCCCCCCCCCCCC(O)C(CO)NC(=O)CCCCCCCCCCCCCCCCCCCCCCCCCCCOC(=O)CCCCCCCCCCCCCCCCCCC. The number of carbonyl (C=O) groups excluding carboxylic acids is 2. The lowest BCUT2D eigenvalue weighted by molar-refractivity contribution is -0.143. The van der Waals surface area contributed by atoms with Gasteiger partial charge in [-0.3, -0.25) is 9.59 Å². The van der Waals surface area contributed by atoms with Gasteiger partial charge in [-0.15, -0.1) is 0 Å². The first-order chi connectivity index (χ1) is 41.5. The Morgan fingerprint density at radius 3 is 0.726 bits per heavy atom. The summed E-state index contributed by atoms with van der Waals surface area (Å²) in [7, 11) is 0. The number of rotatable bonds is 75. The van der Waals surface area contributed by atoms with Crippen LogP contribution in [0.4, 0.5) is 0 Å². The van der Waals surface area contributed by atoms with Crippen molar-refractivity contribution in [1.82, 2.24) is 5.32 Å². The van der Waals surface area contributed by atoms with Crippen molar-refractivity contribution >= 4 is 11.9 Å². The topological polar surface area (TPSA) is 95.9 Å². The first kappa shape index (κ1) is 82.9. The highest BCUT2D eigenvalue weighted by molar-refractivity contribution is 5.76. The molecule has 0 aromatic rings. The minimum atomic E-state index is -0.664. The Hall–Kier alpha value is -1.14. The number of nitrogens with one attached hydrogen (secondary N) is 1. The van der Waals surface area contributed by atoms with Crippen LogP contribution < -0.4 is 5.32 Å². The van der Waals surface area contributed by atoms with Crippen molar-refractivity contribution in [3.8, 4) is 0 Å². The second-order valence-corrected chi connectivity index (χ2v) is 27.4. The zero-order chi connectivity index (χ0) is 60.6. The first-order valence-electron chi connectivity index (χ1n) is 39.3. The van der Waals surface area contributed by atoms with Gasteiger partial charge in [-0.05, 0) is 25.7 Å². The summed E-state index contributed by atoms with van der Waals surface area (Å²) in [5.41, 5.74) is 0. The molecule has 0 radical (unpaired) electrons. The fraction of sp³-hybridized carbons (Fsp3) is 0.974. The maximum absolute atomic E-state index is 12.6. The lowest BCUT2D eigenvalue weighted by atomic mass is 10.0. The van der Waals surface area contributed by atoms with Crippen molar-refractivity contribution in [1.29, 1.82) is 0 Å². The van der Waals surface area contributed by atoms with Gasteiger partial charge >= 0.3 is 5.97 Å². The van der Waals surface area contributed by atoms with Crippen LogP contribution in [0.5, 0.6) is 0 Å². The lowest BCUT2D eigenvalue weighted by Gasteiger charge is -2.22. The molecular weight excluding hydrogens is 1030 g/mol. The minimum absolute atomic E-state index is 0.0222. The molecule has 0 aliphatic rings. The van der Waals surface area contributed by atoms with E-state index in [2.05, 4.69) is 19.2 Å². The van der Waals surface area contributed by atoms with E-state index in [-0.39, 0.29) is 18.5 Å². The minimum Gasteiger partial charge on any atom is -0.466 e. The largest absolute Gasteiger partial charge is 0.466 e. The average molecular weight is 1190 g/mol. The third kappa shape index (κ3) is 70.0. The van der Waals surface area contributed by atoms with Crippen LogP contribution in [0.1, 0.15) is 463 Å². The third-order valence-corrected chi connectivity index (χ3v) is 18.9. The van der Waals surface area contributed by atoms with E-state index >= 15 is 0 Å². The predicted octanol–water partition coefficient (Wildman–Crippen LogP) is 25.7. The van der Waals surface area contributed by atoms with E-state index in [9.17, 15) is 19.8 Å². The summed E-state index contributed by atoms with van der Waals surface area (Å²) in [6, 6.07) is -0.541. The van der Waals surface area contributed by atoms with Crippen LogP contribution >= 0.6 is 0 Å². The number of ether oxygens (including phenoxy) is 1. The molecule has 2 atom stereocenters. The van der Waals surface area contributed by atoms with E-state index in [4.69, 9.17) is 4.74 Å². The fourth-order valence-corrected chi connectivity index (χ4v) is 12.9. The third-order valence-electron chi connectivity index (χ3n) is 18.9. The average Bonchev–Trinajstić information content (AvgIpc) is 3.51. The van der Waals surface area contributed by atoms with Gasteiger partial charge in [0.2, 0.25) is 5.91 Å². The van der Waals surface area contributed by atoms with Crippen LogP contribution in [0.3, 0.4) is 0 Å². The summed E-state index contributed by atoms with van der Waals surface area (Å²) in [5.74, 6) is -0.00427. The van der Waals surface area contributed by atoms with Gasteiger partial charge in [0, 0.05) is 12.8 Å². The van der Waals surface area contributed by atoms with Crippen molar-refractivity contribution in [3.63, 3.8) is 0 Å². The molecule has 0 heterocycles. The Labute approximate surface area is 527 Å². The van der Waals surface area contributed by atoms with Crippen molar-refractivity contribution < 1.29 is 24.5 Å². The number of hydrogen-bond acceptors (Lipinski definition) is 5. The zero-order valence-corrected chi connectivity index (χ0v) is 57.7. The summed E-state index contributed by atoms with van der Waals surface area (Å²) in [6.07, 6.45) is 91.8. The molecule has 0 aliphatic heterocycles. The Morgan fingerprint density at radius 1 is 0.286 bits per heavy atom. The molecule has 0 rings (SSSR count). The van der Waals surface area contributed by atoms with Crippen molar-refractivity contribution in [2.75, 3.05) is 13.2 Å². The molecule has 0 spiro atoms. The molecule has 3 N–H and O–H groups in total. The fourth-order valence-electron chi connectivity index (χ4n) is 12.9. The molecule has 84 heavy (non-hydrogen) atoms. The van der Waals surface area contributed by atoms with Crippen LogP contribution in [0, 0.1) is 0 Å². The summed E-state index contributed by atoms with van der Waals surface area (Å²) in [6.45, 7) is 5.02. The standard InChI is InChI=1S/C78H155NO5/c1-3-5-7-9-11-13-15-17-19-21-22-23-24-26-29-32-35-39-42-46-50-54-58-62-66-70-76(81)75(74-80)79-77(82)71-67-63-59-55-51-47-43-40-36-33-30-27-25-28-31-34-37-41-45-49-53-57-61-65-69-73-84-78(83)72-68-64-60-56-52-48-44-38-20-18-16-14-12-10-8-6-4-2/h75-76,80-81H,3-74H2,1-2H3,(H,79,82). The van der Waals surface area contributed by atoms with Crippen LogP contribution in [0.25, 0.3) is 0 Å². The Bertz CT molecular complexity index is 1230. The number of carbonyl (C=O) groups is 2. The maximum atomic E-state index is 12.6. The van der Waals surface area contributed by atoms with Gasteiger partial charge in [0.25, 0.3) is 0 Å². The highest BCUT2D eigenvalue weighted by Crippen LogP contribution is 2.21. The molecule has 0 saturated carbocycles. The Kier molecular flexibility index (Phi) is 73.3. The number of unbranched alkanes of at least 4 members (excludes halogenated alkanes) is 64. The van der Waals surface area contributed by atoms with Crippen LogP contribution in [-0.2, 0) is 14.3 Å². The number of aliphatic hydroxyl groups excluding tert-OH is 2. The van der Waals surface area contributed by atoms with E-state index in [1.807, 2.05) is 0 Å². The van der Waals surface area contributed by atoms with E-state index in [1.165, 1.54) is 392 Å². The van der Waals surface area contributed by atoms with Gasteiger partial charge in [0.05, 0.1) is 25.4 Å². The van der Waals surface area contributed by atoms with Crippen LogP contribution in [0.2, 0.25) is 0 Å². The van der Waals surface area contributed by atoms with Crippen LogP contribution in [0.15, 0.2) is 0 Å². The molecule has 1 amide bonds. The number of hydrogen-bond donors (Lipinski definition) is 3. The summed E-state index contributed by atoms with van der Waals surface area (Å²) < 4.78 is 5.51. The summed E-state index contributed by atoms with van der Waals surface area (Å²) >= 11 is 0. The molecule has 0 aromatic heterocycles. The van der Waals surface area contributed by atoms with Crippen LogP contribution in [-0.4, -0.2) is 47.4 Å². The lowest BCUT2D eigenvalue weighted by Crippen LogP contribution is -2.45. The first-order valence-corrected chi connectivity index (χ1v) is 39.3. The normalized spacial score (nSPS) is 12.4. The summed E-state index contributed by atoms with van der Waals surface area (Å²) in [5, 5.41) is 23.5. The van der Waals surface area contributed by atoms with Gasteiger partial charge in [0.1, 0.15) is 0 Å². The molecule has 6 nitrogen and oxygen atoms in total. The Morgan fingerprint density at radius 2 is 0.488 bits per heavy atom. The molecule has 0 aliphatic carbocycles. The van der Waals surface area contributed by atoms with E-state index in [0.29, 0.717) is 25.9 Å². The number of amides is 1. The van der Waals surface area contributed by atoms with Gasteiger partial charge in [0.15, 0.2) is 0 Å². The molecule has 0 fully saturated rings. The quantitative estimate of drug-likeness (QED) is 0.0417. The molecular formula is C78H155NO5. The van der Waals surface area contributed by atoms with Crippen molar-refractivity contribution in [2.45, 2.75) is 475 Å².